The molecule has 32 heavy (non-hydrogen) atoms. The van der Waals surface area contributed by atoms with Gasteiger partial charge in [0.2, 0.25) is 11.7 Å². The summed E-state index contributed by atoms with van der Waals surface area (Å²) in [6.07, 6.45) is 1.97. The fourth-order valence-electron chi connectivity index (χ4n) is 3.45. The third kappa shape index (κ3) is 4.47. The molecule has 2 amide bonds. The van der Waals surface area contributed by atoms with Gasteiger partial charge in [-0.15, -0.1) is 5.10 Å². The number of pyridine rings is 2. The Labute approximate surface area is 184 Å². The summed E-state index contributed by atoms with van der Waals surface area (Å²) in [5.74, 6) is 0.512. The predicted molar refractivity (Wildman–Crippen MR) is 114 cm³/mol. The first-order valence-electron chi connectivity index (χ1n) is 10.3. The Kier molecular flexibility index (Phi) is 6.17. The molecule has 0 atom stereocenters. The molecule has 0 fully saturated rings. The Bertz CT molecular complexity index is 1140. The molecule has 0 spiro atoms. The van der Waals surface area contributed by atoms with E-state index in [1.165, 1.54) is 0 Å². The summed E-state index contributed by atoms with van der Waals surface area (Å²) in [4.78, 5) is 35.5. The maximum absolute atomic E-state index is 12.8. The zero-order valence-corrected chi connectivity index (χ0v) is 18.1. The Hall–Kier alpha value is -3.73. The van der Waals surface area contributed by atoms with E-state index in [9.17, 15) is 9.59 Å². The summed E-state index contributed by atoms with van der Waals surface area (Å²) in [6.45, 7) is 5.26. The summed E-state index contributed by atoms with van der Waals surface area (Å²) in [5, 5.41) is 14.5. The summed E-state index contributed by atoms with van der Waals surface area (Å²) in [6, 6.07) is 7.03. The summed E-state index contributed by atoms with van der Waals surface area (Å²) in [5.41, 5.74) is 2.66. The van der Waals surface area contributed by atoms with Gasteiger partial charge in [-0.1, -0.05) is 6.07 Å². The minimum Gasteiger partial charge on any atom is -0.384 e. The van der Waals surface area contributed by atoms with Crippen LogP contribution in [0.2, 0.25) is 0 Å². The zero-order chi connectivity index (χ0) is 22.7. The van der Waals surface area contributed by atoms with Gasteiger partial charge in [0.25, 0.3) is 5.91 Å². The van der Waals surface area contributed by atoms with Gasteiger partial charge in [-0.25, -0.2) is 9.67 Å². The topological polar surface area (TPSA) is 128 Å². The number of rotatable bonds is 7. The lowest BCUT2D eigenvalue weighted by Gasteiger charge is -2.14. The number of nitrogens with zero attached hydrogens (tertiary/aromatic N) is 7. The second kappa shape index (κ2) is 9.18. The van der Waals surface area contributed by atoms with Gasteiger partial charge < -0.3 is 15.0 Å². The number of carbonyl (C=O) groups is 2. The van der Waals surface area contributed by atoms with Gasteiger partial charge in [0.05, 0.1) is 19.1 Å². The number of anilines is 1. The van der Waals surface area contributed by atoms with Crippen molar-refractivity contribution < 1.29 is 14.3 Å². The van der Waals surface area contributed by atoms with Crippen LogP contribution in [0.3, 0.4) is 0 Å². The van der Waals surface area contributed by atoms with E-state index in [4.69, 9.17) is 4.74 Å². The molecule has 3 aromatic rings. The van der Waals surface area contributed by atoms with E-state index in [0.29, 0.717) is 43.5 Å². The van der Waals surface area contributed by atoms with Crippen molar-refractivity contribution in [1.29, 1.82) is 0 Å². The summed E-state index contributed by atoms with van der Waals surface area (Å²) < 4.78 is 6.64. The summed E-state index contributed by atoms with van der Waals surface area (Å²) in [7, 11) is 1.57. The molecule has 0 bridgehead atoms. The standard InChI is InChI=1S/C21H24N8O3/c1-13(2)29-20(25-26-27-29)16-5-4-6-18(23-16)24-21(31)17-9-14-11-28(12-15(14)10-22-17)19(30)7-8-32-3/h4-6,9-10,13H,7-8,11-12H2,1-3H3,(H,23,24,31). The molecular formula is C21H24N8O3. The van der Waals surface area contributed by atoms with Crippen LogP contribution in [-0.2, 0) is 22.6 Å². The molecule has 1 N–H and O–H groups in total. The fourth-order valence-corrected chi connectivity index (χ4v) is 3.45. The van der Waals surface area contributed by atoms with E-state index in [1.807, 2.05) is 13.8 Å². The summed E-state index contributed by atoms with van der Waals surface area (Å²) >= 11 is 0. The van der Waals surface area contributed by atoms with E-state index < -0.39 is 0 Å². The van der Waals surface area contributed by atoms with E-state index in [0.717, 1.165) is 11.1 Å². The van der Waals surface area contributed by atoms with Crippen molar-refractivity contribution in [2.75, 3.05) is 19.0 Å². The predicted octanol–water partition coefficient (Wildman–Crippen LogP) is 1.84. The molecular weight excluding hydrogens is 412 g/mol. The number of carbonyl (C=O) groups excluding carboxylic acids is 2. The fraction of sp³-hybridized carbons (Fsp3) is 0.381. The SMILES string of the molecule is COCCC(=O)N1Cc2cnc(C(=O)Nc3cccc(-c4nnnn4C(C)C)n3)cc2C1. The van der Waals surface area contributed by atoms with Gasteiger partial charge >= 0.3 is 0 Å². The van der Waals surface area contributed by atoms with Gasteiger partial charge in [0, 0.05) is 26.4 Å². The molecule has 3 aromatic heterocycles. The third-order valence-electron chi connectivity index (χ3n) is 5.11. The molecule has 0 aromatic carbocycles. The van der Waals surface area contributed by atoms with E-state index in [2.05, 4.69) is 30.8 Å². The molecule has 0 saturated carbocycles. The van der Waals surface area contributed by atoms with Gasteiger partial charge in [0.15, 0.2) is 0 Å². The minimum absolute atomic E-state index is 0.0128. The number of ether oxygens (including phenoxy) is 1. The highest BCUT2D eigenvalue weighted by Gasteiger charge is 2.25. The quantitative estimate of drug-likeness (QED) is 0.594. The number of hydrogen-bond donors (Lipinski definition) is 1. The Morgan fingerprint density at radius 2 is 2.03 bits per heavy atom. The van der Waals surface area contributed by atoms with Crippen LogP contribution in [0.1, 0.15) is 47.9 Å². The lowest BCUT2D eigenvalue weighted by Crippen LogP contribution is -2.26. The highest BCUT2D eigenvalue weighted by atomic mass is 16.5. The first-order chi connectivity index (χ1) is 15.5. The molecule has 1 aliphatic heterocycles. The molecule has 166 valence electrons. The van der Waals surface area contributed by atoms with Gasteiger partial charge in [0.1, 0.15) is 17.2 Å². The van der Waals surface area contributed by atoms with E-state index in [-0.39, 0.29) is 23.6 Å². The molecule has 1 aliphatic rings. The second-order valence-electron chi connectivity index (χ2n) is 7.73. The first-order valence-corrected chi connectivity index (χ1v) is 10.3. The van der Waals surface area contributed by atoms with Crippen LogP contribution in [0.5, 0.6) is 0 Å². The lowest BCUT2D eigenvalue weighted by atomic mass is 10.1. The van der Waals surface area contributed by atoms with Crippen LogP contribution < -0.4 is 5.32 Å². The van der Waals surface area contributed by atoms with Crippen LogP contribution in [0.25, 0.3) is 11.5 Å². The van der Waals surface area contributed by atoms with Crippen molar-refractivity contribution in [3.05, 3.63) is 47.3 Å². The zero-order valence-electron chi connectivity index (χ0n) is 18.1. The van der Waals surface area contributed by atoms with Crippen LogP contribution in [0, 0.1) is 0 Å². The van der Waals surface area contributed by atoms with Gasteiger partial charge in [-0.05, 0) is 53.6 Å². The lowest BCUT2D eigenvalue weighted by molar-refractivity contribution is -0.132. The molecule has 4 rings (SSSR count). The normalized spacial score (nSPS) is 12.8. The van der Waals surface area contributed by atoms with E-state index >= 15 is 0 Å². The van der Waals surface area contributed by atoms with Crippen molar-refractivity contribution in [2.24, 2.45) is 0 Å². The monoisotopic (exact) mass is 436 g/mol. The number of hydrogen-bond acceptors (Lipinski definition) is 8. The third-order valence-corrected chi connectivity index (χ3v) is 5.11. The smallest absolute Gasteiger partial charge is 0.275 e. The van der Waals surface area contributed by atoms with Crippen molar-refractivity contribution in [1.82, 2.24) is 35.1 Å². The number of methoxy groups -OCH3 is 1. The molecule has 11 heteroatoms. The second-order valence-corrected chi connectivity index (χ2v) is 7.73. The maximum Gasteiger partial charge on any atom is 0.275 e. The number of nitrogens with one attached hydrogen (secondary N) is 1. The van der Waals surface area contributed by atoms with Crippen molar-refractivity contribution >= 4 is 17.6 Å². The molecule has 0 saturated heterocycles. The average molecular weight is 436 g/mol. The number of amides is 2. The number of fused-ring (bicyclic) bond motifs is 1. The van der Waals surface area contributed by atoms with E-state index in [1.54, 1.807) is 47.2 Å². The molecule has 11 nitrogen and oxygen atoms in total. The van der Waals surface area contributed by atoms with Crippen molar-refractivity contribution in [3.63, 3.8) is 0 Å². The molecule has 0 radical (unpaired) electrons. The molecule has 0 unspecified atom stereocenters. The maximum atomic E-state index is 12.8. The van der Waals surface area contributed by atoms with Gasteiger partial charge in [-0.3, -0.25) is 14.6 Å². The largest absolute Gasteiger partial charge is 0.384 e. The highest BCUT2D eigenvalue weighted by molar-refractivity contribution is 6.02. The van der Waals surface area contributed by atoms with Crippen LogP contribution >= 0.6 is 0 Å². The Balaban J connectivity index is 1.47. The van der Waals surface area contributed by atoms with Crippen molar-refractivity contribution in [3.8, 4) is 11.5 Å². The highest BCUT2D eigenvalue weighted by Crippen LogP contribution is 2.24. The van der Waals surface area contributed by atoms with Gasteiger partial charge in [-0.2, -0.15) is 0 Å². The van der Waals surface area contributed by atoms with Crippen LogP contribution in [-0.4, -0.2) is 60.6 Å². The average Bonchev–Trinajstić information content (AvgIpc) is 3.44. The van der Waals surface area contributed by atoms with Crippen LogP contribution in [0.15, 0.2) is 30.5 Å². The molecule has 4 heterocycles. The number of aromatic nitrogens is 6. The Morgan fingerprint density at radius 3 is 2.81 bits per heavy atom. The molecule has 0 aliphatic carbocycles. The van der Waals surface area contributed by atoms with Crippen molar-refractivity contribution in [2.45, 2.75) is 39.4 Å². The first kappa shape index (κ1) is 21.5. The van der Waals surface area contributed by atoms with Crippen LogP contribution in [0.4, 0.5) is 5.82 Å². The minimum atomic E-state index is -0.384. The number of tetrazole rings is 1. The Morgan fingerprint density at radius 1 is 1.22 bits per heavy atom.